The van der Waals surface area contributed by atoms with E-state index in [4.69, 9.17) is 5.73 Å². The van der Waals surface area contributed by atoms with Crippen LogP contribution >= 0.6 is 31.9 Å². The maximum atomic E-state index is 12.2. The summed E-state index contributed by atoms with van der Waals surface area (Å²) in [6, 6.07) is 3.55. The minimum atomic E-state index is -0.236. The lowest BCUT2D eigenvalue weighted by Crippen LogP contribution is -2.14. The quantitative estimate of drug-likeness (QED) is 0.777. The number of nitrogens with one attached hydrogen (secondary N) is 1. The number of amides is 1. The number of rotatable bonds is 2. The number of halogens is 2. The number of carbonyl (C=O) groups is 1. The van der Waals surface area contributed by atoms with Gasteiger partial charge in [-0.15, -0.1) is 0 Å². The molecule has 0 unspecified atom stereocenters. The molecule has 1 aromatic carbocycles. The number of nitrogens with two attached hydrogens (primary N) is 1. The molecule has 5 nitrogen and oxygen atoms in total. The molecule has 0 atom stereocenters. The van der Waals surface area contributed by atoms with Crippen LogP contribution in [-0.4, -0.2) is 15.7 Å². The number of nitrogens with zero attached hydrogens (tertiary/aromatic N) is 2. The molecule has 2 rings (SSSR count). The summed E-state index contributed by atoms with van der Waals surface area (Å²) in [6.45, 7) is 1.79. The van der Waals surface area contributed by atoms with Gasteiger partial charge in [0.05, 0.1) is 22.6 Å². The van der Waals surface area contributed by atoms with Gasteiger partial charge in [-0.3, -0.25) is 9.48 Å². The van der Waals surface area contributed by atoms with Crippen molar-refractivity contribution in [2.24, 2.45) is 7.05 Å². The van der Waals surface area contributed by atoms with E-state index in [1.165, 1.54) is 0 Å². The third-order valence-corrected chi connectivity index (χ3v) is 3.67. The molecule has 0 aliphatic carbocycles. The molecule has 1 amide bonds. The van der Waals surface area contributed by atoms with E-state index in [0.29, 0.717) is 27.1 Å². The number of hydrogen-bond acceptors (Lipinski definition) is 3. The molecule has 2 aromatic rings. The first-order chi connectivity index (χ1) is 8.88. The molecule has 100 valence electrons. The van der Waals surface area contributed by atoms with E-state index >= 15 is 0 Å². The Morgan fingerprint density at radius 2 is 2.11 bits per heavy atom. The molecule has 0 saturated heterocycles. The monoisotopic (exact) mass is 386 g/mol. The van der Waals surface area contributed by atoms with Crippen molar-refractivity contribution in [2.75, 3.05) is 11.1 Å². The Bertz CT molecular complexity index is 628. The molecule has 0 spiro atoms. The normalized spacial score (nSPS) is 10.5. The fraction of sp³-hybridized carbons (Fsp3) is 0.167. The molecule has 19 heavy (non-hydrogen) atoms. The van der Waals surface area contributed by atoms with Crippen LogP contribution in [0, 0.1) is 6.92 Å². The van der Waals surface area contributed by atoms with Crippen LogP contribution in [0.15, 0.2) is 27.3 Å². The maximum Gasteiger partial charge on any atom is 0.259 e. The number of hydrogen-bond donors (Lipinski definition) is 2. The van der Waals surface area contributed by atoms with Gasteiger partial charge in [0.25, 0.3) is 5.91 Å². The van der Waals surface area contributed by atoms with Crippen molar-refractivity contribution >= 4 is 49.1 Å². The Morgan fingerprint density at radius 3 is 2.63 bits per heavy atom. The lowest BCUT2D eigenvalue weighted by molar-refractivity contribution is 0.102. The second kappa shape index (κ2) is 5.34. The summed E-state index contributed by atoms with van der Waals surface area (Å²) in [7, 11) is 1.77. The van der Waals surface area contributed by atoms with Crippen molar-refractivity contribution in [1.29, 1.82) is 0 Å². The largest absolute Gasteiger partial charge is 0.397 e. The molecule has 0 fully saturated rings. The summed E-state index contributed by atoms with van der Waals surface area (Å²) in [4.78, 5) is 12.2. The van der Waals surface area contributed by atoms with Gasteiger partial charge in [-0.25, -0.2) is 0 Å². The number of benzene rings is 1. The molecule has 0 aliphatic heterocycles. The van der Waals surface area contributed by atoms with Crippen LogP contribution in [-0.2, 0) is 7.05 Å². The maximum absolute atomic E-state index is 12.2. The predicted molar refractivity (Wildman–Crippen MR) is 82.2 cm³/mol. The Kier molecular flexibility index (Phi) is 3.96. The van der Waals surface area contributed by atoms with E-state index in [1.54, 1.807) is 30.9 Å². The van der Waals surface area contributed by atoms with Crippen molar-refractivity contribution < 1.29 is 4.79 Å². The van der Waals surface area contributed by atoms with Gasteiger partial charge < -0.3 is 11.1 Å². The Balaban J connectivity index is 2.32. The Hall–Kier alpha value is -1.34. The Labute approximate surface area is 127 Å². The summed E-state index contributed by atoms with van der Waals surface area (Å²) in [5, 5.41) is 6.93. The number of aryl methyl sites for hydroxylation is 2. The summed E-state index contributed by atoms with van der Waals surface area (Å²) in [6.07, 6.45) is 1.67. The lowest BCUT2D eigenvalue weighted by Gasteiger charge is -2.10. The van der Waals surface area contributed by atoms with Crippen molar-refractivity contribution in [2.45, 2.75) is 6.92 Å². The van der Waals surface area contributed by atoms with Crippen molar-refractivity contribution in [1.82, 2.24) is 9.78 Å². The van der Waals surface area contributed by atoms with E-state index < -0.39 is 0 Å². The first-order valence-corrected chi connectivity index (χ1v) is 7.03. The van der Waals surface area contributed by atoms with Crippen LogP contribution in [0.1, 0.15) is 16.1 Å². The zero-order chi connectivity index (χ0) is 14.2. The molecule has 0 bridgehead atoms. The van der Waals surface area contributed by atoms with Crippen LogP contribution in [0.4, 0.5) is 11.4 Å². The van der Waals surface area contributed by atoms with Crippen molar-refractivity contribution in [3.8, 4) is 0 Å². The highest BCUT2D eigenvalue weighted by Crippen LogP contribution is 2.32. The zero-order valence-corrected chi connectivity index (χ0v) is 13.5. The van der Waals surface area contributed by atoms with E-state index in [-0.39, 0.29) is 5.91 Å². The number of nitrogen functional groups attached to an aromatic ring is 1. The fourth-order valence-electron chi connectivity index (χ4n) is 1.73. The minimum Gasteiger partial charge on any atom is -0.397 e. The molecule has 1 aromatic heterocycles. The number of anilines is 2. The smallest absolute Gasteiger partial charge is 0.259 e. The van der Waals surface area contributed by atoms with Crippen molar-refractivity contribution in [3.63, 3.8) is 0 Å². The molecule has 7 heteroatoms. The van der Waals surface area contributed by atoms with Crippen molar-refractivity contribution in [3.05, 3.63) is 38.5 Å². The average Bonchev–Trinajstić information content (AvgIpc) is 2.62. The van der Waals surface area contributed by atoms with E-state index in [9.17, 15) is 4.79 Å². The highest BCUT2D eigenvalue weighted by molar-refractivity contribution is 9.11. The molecular weight excluding hydrogens is 376 g/mol. The minimum absolute atomic E-state index is 0.236. The van der Waals surface area contributed by atoms with Gasteiger partial charge in [-0.2, -0.15) is 5.10 Å². The molecule has 0 radical (unpaired) electrons. The van der Waals surface area contributed by atoms with Gasteiger partial charge >= 0.3 is 0 Å². The van der Waals surface area contributed by atoms with E-state index in [2.05, 4.69) is 42.3 Å². The second-order valence-electron chi connectivity index (χ2n) is 4.11. The second-order valence-corrected chi connectivity index (χ2v) is 5.88. The zero-order valence-electron chi connectivity index (χ0n) is 10.4. The number of aromatic nitrogens is 2. The van der Waals surface area contributed by atoms with Crippen LogP contribution in [0.2, 0.25) is 0 Å². The van der Waals surface area contributed by atoms with Crippen LogP contribution in [0.25, 0.3) is 0 Å². The van der Waals surface area contributed by atoms with Gasteiger partial charge in [0.2, 0.25) is 0 Å². The number of carbonyl (C=O) groups excluding carboxylic acids is 1. The van der Waals surface area contributed by atoms with E-state index in [0.717, 1.165) is 4.47 Å². The molecule has 3 N–H and O–H groups in total. The summed E-state index contributed by atoms with van der Waals surface area (Å²) in [5.41, 5.74) is 8.13. The van der Waals surface area contributed by atoms with Gasteiger partial charge in [0.15, 0.2) is 0 Å². The fourth-order valence-corrected chi connectivity index (χ4v) is 3.09. The molecular formula is C12H12Br2N4O. The summed E-state index contributed by atoms with van der Waals surface area (Å²) in [5.74, 6) is -0.236. The van der Waals surface area contributed by atoms with Crippen LogP contribution in [0.5, 0.6) is 0 Å². The first kappa shape index (κ1) is 14.1. The average molecular weight is 388 g/mol. The molecule has 1 heterocycles. The van der Waals surface area contributed by atoms with Crippen LogP contribution in [0.3, 0.4) is 0 Å². The molecule has 0 saturated carbocycles. The summed E-state index contributed by atoms with van der Waals surface area (Å²) < 4.78 is 3.16. The molecule has 0 aliphatic rings. The highest BCUT2D eigenvalue weighted by Gasteiger charge is 2.15. The third kappa shape index (κ3) is 2.98. The topological polar surface area (TPSA) is 72.9 Å². The van der Waals surface area contributed by atoms with Gasteiger partial charge in [-0.05, 0) is 35.0 Å². The third-order valence-electron chi connectivity index (χ3n) is 2.58. The standard InChI is InChI=1S/C12H12Br2N4O/c1-6-8(5-18(2)17-6)12(19)16-11-9(14)3-7(13)4-10(11)15/h3-5H,15H2,1-2H3,(H,16,19). The van der Waals surface area contributed by atoms with Gasteiger partial charge in [0.1, 0.15) is 0 Å². The lowest BCUT2D eigenvalue weighted by atomic mass is 10.2. The van der Waals surface area contributed by atoms with Crippen LogP contribution < -0.4 is 11.1 Å². The predicted octanol–water partition coefficient (Wildman–Crippen LogP) is 3.09. The first-order valence-electron chi connectivity index (χ1n) is 5.44. The van der Waals surface area contributed by atoms with Gasteiger partial charge in [-0.1, -0.05) is 15.9 Å². The Morgan fingerprint density at radius 1 is 1.42 bits per heavy atom. The summed E-state index contributed by atoms with van der Waals surface area (Å²) >= 11 is 6.71. The van der Waals surface area contributed by atoms with Gasteiger partial charge in [0, 0.05) is 22.2 Å². The SMILES string of the molecule is Cc1nn(C)cc1C(=O)Nc1c(N)cc(Br)cc1Br. The highest BCUT2D eigenvalue weighted by atomic mass is 79.9. The van der Waals surface area contributed by atoms with E-state index in [1.807, 2.05) is 6.07 Å².